The van der Waals surface area contributed by atoms with Crippen LogP contribution in [0.15, 0.2) is 23.1 Å². The van der Waals surface area contributed by atoms with Gasteiger partial charge in [-0.25, -0.2) is 8.42 Å². The van der Waals surface area contributed by atoms with Crippen LogP contribution in [0.3, 0.4) is 0 Å². The summed E-state index contributed by atoms with van der Waals surface area (Å²) >= 11 is 0. The maximum atomic E-state index is 12.8. The predicted octanol–water partition coefficient (Wildman–Crippen LogP) is 0.866. The molecule has 0 aliphatic carbocycles. The summed E-state index contributed by atoms with van der Waals surface area (Å²) in [4.78, 5) is 12.1. The van der Waals surface area contributed by atoms with Crippen molar-refractivity contribution in [3.05, 3.63) is 23.8 Å². The van der Waals surface area contributed by atoms with Gasteiger partial charge in [0.05, 0.1) is 4.90 Å². The number of likely N-dealkylation sites (N-methyl/N-ethyl adjacent to an activating group) is 1. The Morgan fingerprint density at radius 3 is 2.71 bits per heavy atom. The van der Waals surface area contributed by atoms with Crippen LogP contribution < -0.4 is 11.1 Å². The maximum absolute atomic E-state index is 12.8. The Balaban J connectivity index is 2.40. The summed E-state index contributed by atoms with van der Waals surface area (Å²) < 4.78 is 26.9. The van der Waals surface area contributed by atoms with Crippen LogP contribution >= 0.6 is 0 Å². The first-order valence-electron chi connectivity index (χ1n) is 6.97. The summed E-state index contributed by atoms with van der Waals surface area (Å²) in [6.45, 7) is 2.13. The van der Waals surface area contributed by atoms with Crippen LogP contribution in [-0.2, 0) is 14.8 Å². The SMILES string of the molecule is CNC(=O)C1CCCCN1S(=O)(=O)c1ccc(N)c(C)c1. The van der Waals surface area contributed by atoms with Crippen LogP contribution in [-0.4, -0.2) is 38.3 Å². The quantitative estimate of drug-likeness (QED) is 0.810. The topological polar surface area (TPSA) is 92.5 Å². The van der Waals surface area contributed by atoms with Crippen molar-refractivity contribution in [1.29, 1.82) is 0 Å². The molecule has 0 radical (unpaired) electrons. The third-order valence-electron chi connectivity index (χ3n) is 3.85. The summed E-state index contributed by atoms with van der Waals surface area (Å²) in [5.41, 5.74) is 7.00. The monoisotopic (exact) mass is 311 g/mol. The van der Waals surface area contributed by atoms with Crippen LogP contribution in [0.5, 0.6) is 0 Å². The minimum Gasteiger partial charge on any atom is -0.399 e. The molecule has 1 fully saturated rings. The number of benzene rings is 1. The molecule has 1 saturated heterocycles. The second kappa shape index (κ2) is 6.03. The van der Waals surface area contributed by atoms with Gasteiger partial charge in [0.1, 0.15) is 6.04 Å². The Morgan fingerprint density at radius 1 is 1.38 bits per heavy atom. The third-order valence-corrected chi connectivity index (χ3v) is 5.75. The van der Waals surface area contributed by atoms with E-state index in [2.05, 4.69) is 5.32 Å². The Hall–Kier alpha value is -1.60. The molecule has 21 heavy (non-hydrogen) atoms. The average Bonchev–Trinajstić information content (AvgIpc) is 2.49. The van der Waals surface area contributed by atoms with Gasteiger partial charge in [-0.2, -0.15) is 4.31 Å². The molecule has 1 atom stereocenters. The summed E-state index contributed by atoms with van der Waals surface area (Å²) in [6.07, 6.45) is 2.17. The number of nitrogens with one attached hydrogen (secondary N) is 1. The van der Waals surface area contributed by atoms with Crippen molar-refractivity contribution < 1.29 is 13.2 Å². The van der Waals surface area contributed by atoms with Crippen molar-refractivity contribution in [2.75, 3.05) is 19.3 Å². The zero-order valence-electron chi connectivity index (χ0n) is 12.3. The van der Waals surface area contributed by atoms with Crippen molar-refractivity contribution in [2.24, 2.45) is 0 Å². The number of aryl methyl sites for hydroxylation is 1. The zero-order valence-corrected chi connectivity index (χ0v) is 13.1. The lowest BCUT2D eigenvalue weighted by molar-refractivity contribution is -0.125. The molecule has 0 aromatic heterocycles. The van der Waals surface area contributed by atoms with E-state index in [1.165, 1.54) is 17.4 Å². The first-order chi connectivity index (χ1) is 9.87. The molecular weight excluding hydrogens is 290 g/mol. The Morgan fingerprint density at radius 2 is 2.10 bits per heavy atom. The minimum atomic E-state index is -3.69. The fraction of sp³-hybridized carbons (Fsp3) is 0.500. The van der Waals surface area contributed by atoms with Crippen LogP contribution in [0.1, 0.15) is 24.8 Å². The second-order valence-corrected chi connectivity index (χ2v) is 7.15. The van der Waals surface area contributed by atoms with Gasteiger partial charge < -0.3 is 11.1 Å². The molecule has 0 saturated carbocycles. The molecule has 1 aromatic rings. The van der Waals surface area contributed by atoms with Gasteiger partial charge in [0.25, 0.3) is 0 Å². The van der Waals surface area contributed by atoms with E-state index in [9.17, 15) is 13.2 Å². The van der Waals surface area contributed by atoms with E-state index in [0.29, 0.717) is 24.2 Å². The lowest BCUT2D eigenvalue weighted by atomic mass is 10.0. The van der Waals surface area contributed by atoms with Gasteiger partial charge in [0.15, 0.2) is 0 Å². The average molecular weight is 311 g/mol. The first-order valence-corrected chi connectivity index (χ1v) is 8.41. The van der Waals surface area contributed by atoms with Gasteiger partial charge >= 0.3 is 0 Å². The Bertz CT molecular complexity index is 643. The number of hydrogen-bond donors (Lipinski definition) is 2. The number of nitrogen functional groups attached to an aromatic ring is 1. The fourth-order valence-electron chi connectivity index (χ4n) is 2.57. The Kier molecular flexibility index (Phi) is 4.53. The van der Waals surface area contributed by atoms with Crippen molar-refractivity contribution in [3.8, 4) is 0 Å². The summed E-state index contributed by atoms with van der Waals surface area (Å²) in [6, 6.07) is 4.00. The molecule has 1 aromatic carbocycles. The molecule has 2 rings (SSSR count). The van der Waals surface area contributed by atoms with Crippen molar-refractivity contribution in [1.82, 2.24) is 9.62 Å². The van der Waals surface area contributed by atoms with Gasteiger partial charge in [0.2, 0.25) is 15.9 Å². The van der Waals surface area contributed by atoms with E-state index >= 15 is 0 Å². The molecule has 1 aliphatic heterocycles. The van der Waals surface area contributed by atoms with E-state index in [1.54, 1.807) is 19.1 Å². The number of rotatable bonds is 3. The number of nitrogens with zero attached hydrogens (tertiary/aromatic N) is 1. The maximum Gasteiger partial charge on any atom is 0.243 e. The molecule has 1 unspecified atom stereocenters. The number of piperidine rings is 1. The number of sulfonamides is 1. The summed E-state index contributed by atoms with van der Waals surface area (Å²) in [7, 11) is -2.17. The highest BCUT2D eigenvalue weighted by molar-refractivity contribution is 7.89. The first kappa shape index (κ1) is 15.8. The second-order valence-electron chi connectivity index (χ2n) is 5.26. The number of amides is 1. The standard InChI is InChI=1S/C14H21N3O3S/c1-10-9-11(6-7-12(10)15)21(19,20)17-8-4-3-5-13(17)14(18)16-2/h6-7,9,13H,3-5,8,15H2,1-2H3,(H,16,18). The molecule has 1 amide bonds. The predicted molar refractivity (Wildman–Crippen MR) is 81.2 cm³/mol. The van der Waals surface area contributed by atoms with Crippen LogP contribution in [0, 0.1) is 6.92 Å². The largest absolute Gasteiger partial charge is 0.399 e. The number of nitrogens with two attached hydrogens (primary N) is 1. The van der Waals surface area contributed by atoms with E-state index in [-0.39, 0.29) is 10.8 Å². The van der Waals surface area contributed by atoms with E-state index in [0.717, 1.165) is 12.8 Å². The number of anilines is 1. The van der Waals surface area contributed by atoms with Gasteiger partial charge in [0, 0.05) is 19.3 Å². The Labute approximate surface area is 125 Å². The summed E-state index contributed by atoms with van der Waals surface area (Å²) in [5, 5.41) is 2.54. The highest BCUT2D eigenvalue weighted by Gasteiger charge is 2.37. The van der Waals surface area contributed by atoms with Crippen molar-refractivity contribution in [3.63, 3.8) is 0 Å². The van der Waals surface area contributed by atoms with Crippen LogP contribution in [0.4, 0.5) is 5.69 Å². The van der Waals surface area contributed by atoms with Crippen molar-refractivity contribution in [2.45, 2.75) is 37.1 Å². The lowest BCUT2D eigenvalue weighted by Gasteiger charge is -2.33. The molecule has 0 spiro atoms. The van der Waals surface area contributed by atoms with Gasteiger partial charge in [-0.3, -0.25) is 4.79 Å². The smallest absolute Gasteiger partial charge is 0.243 e. The van der Waals surface area contributed by atoms with Crippen molar-refractivity contribution >= 4 is 21.6 Å². The molecule has 1 aliphatic rings. The molecule has 116 valence electrons. The van der Waals surface area contributed by atoms with Gasteiger partial charge in [-0.1, -0.05) is 6.42 Å². The molecule has 6 nitrogen and oxygen atoms in total. The van der Waals surface area contributed by atoms with E-state index in [1.807, 2.05) is 0 Å². The summed E-state index contributed by atoms with van der Waals surface area (Å²) in [5.74, 6) is -0.259. The number of carbonyl (C=O) groups excluding carboxylic acids is 1. The molecular formula is C14H21N3O3S. The third kappa shape index (κ3) is 3.03. The lowest BCUT2D eigenvalue weighted by Crippen LogP contribution is -2.51. The van der Waals surface area contributed by atoms with Crippen LogP contribution in [0.25, 0.3) is 0 Å². The molecule has 1 heterocycles. The fourth-order valence-corrected chi connectivity index (χ4v) is 4.31. The number of carbonyl (C=O) groups is 1. The molecule has 3 N–H and O–H groups in total. The van der Waals surface area contributed by atoms with E-state index < -0.39 is 16.1 Å². The normalized spacial score (nSPS) is 20.2. The highest BCUT2D eigenvalue weighted by Crippen LogP contribution is 2.27. The minimum absolute atomic E-state index is 0.185. The zero-order chi connectivity index (χ0) is 15.6. The van der Waals surface area contributed by atoms with Crippen LogP contribution in [0.2, 0.25) is 0 Å². The van der Waals surface area contributed by atoms with Gasteiger partial charge in [-0.05, 0) is 43.5 Å². The highest BCUT2D eigenvalue weighted by atomic mass is 32.2. The molecule has 7 heteroatoms. The molecule has 0 bridgehead atoms. The van der Waals surface area contributed by atoms with Gasteiger partial charge in [-0.15, -0.1) is 0 Å². The number of hydrogen-bond acceptors (Lipinski definition) is 4. The van der Waals surface area contributed by atoms with E-state index in [4.69, 9.17) is 5.73 Å².